The van der Waals surface area contributed by atoms with Crippen molar-refractivity contribution in [2.75, 3.05) is 33.5 Å². The van der Waals surface area contributed by atoms with Gasteiger partial charge < -0.3 is 29.2 Å². The second-order valence-electron chi connectivity index (χ2n) is 8.20. The van der Waals surface area contributed by atoms with Gasteiger partial charge in [-0.1, -0.05) is 18.2 Å². The highest BCUT2D eigenvalue weighted by Gasteiger charge is 2.57. The number of halogens is 10. The van der Waals surface area contributed by atoms with Gasteiger partial charge in [0.05, 0.1) is 26.4 Å². The number of ether oxygens (including phenoxy) is 4. The molecule has 0 bridgehead atoms. The van der Waals surface area contributed by atoms with Gasteiger partial charge in [-0.05, 0) is 31.0 Å². The molecule has 16 heteroatoms. The van der Waals surface area contributed by atoms with Gasteiger partial charge in [0.15, 0.2) is 11.2 Å². The van der Waals surface area contributed by atoms with Crippen molar-refractivity contribution in [1.82, 2.24) is 0 Å². The molecule has 1 aromatic carbocycles. The van der Waals surface area contributed by atoms with E-state index in [1.807, 2.05) is 0 Å². The molecule has 6 nitrogen and oxygen atoms in total. The van der Waals surface area contributed by atoms with E-state index < -0.39 is 79.2 Å². The van der Waals surface area contributed by atoms with E-state index >= 15 is 0 Å². The van der Waals surface area contributed by atoms with Crippen LogP contribution in [-0.2, 0) is 30.1 Å². The van der Waals surface area contributed by atoms with Crippen molar-refractivity contribution in [2.45, 2.75) is 62.1 Å². The smallest absolute Gasteiger partial charge is 0.388 e. The summed E-state index contributed by atoms with van der Waals surface area (Å²) in [5.74, 6) is 0. The van der Waals surface area contributed by atoms with Gasteiger partial charge in [-0.15, -0.1) is 0 Å². The molecule has 1 aromatic rings. The first kappa shape index (κ1) is 33.3. The zero-order valence-electron chi connectivity index (χ0n) is 19.7. The monoisotopic (exact) mass is 564 g/mol. The molecule has 0 aliphatic rings. The lowest BCUT2D eigenvalue weighted by molar-refractivity contribution is -0.313. The van der Waals surface area contributed by atoms with Crippen LogP contribution in [0, 0.1) is 0 Å². The van der Waals surface area contributed by atoms with E-state index in [0.29, 0.717) is 19.9 Å². The Labute approximate surface area is 205 Å². The van der Waals surface area contributed by atoms with Crippen LogP contribution in [0.4, 0.5) is 43.9 Å². The molecule has 0 saturated carbocycles. The van der Waals surface area contributed by atoms with Crippen LogP contribution in [0.5, 0.6) is 0 Å². The second kappa shape index (κ2) is 12.4. The minimum absolute atomic E-state index is 0.386. The third kappa shape index (κ3) is 8.38. The highest BCUT2D eigenvalue weighted by atomic mass is 19.4. The number of aliphatic hydroxyl groups excluding tert-OH is 2. The molecule has 4 atom stereocenters. The zero-order valence-corrected chi connectivity index (χ0v) is 19.7. The van der Waals surface area contributed by atoms with Gasteiger partial charge in [-0.25, -0.2) is 8.78 Å². The van der Waals surface area contributed by atoms with Crippen LogP contribution in [0.15, 0.2) is 24.3 Å². The largest absolute Gasteiger partial charge is 0.421 e. The maximum Gasteiger partial charge on any atom is 0.421 e. The zero-order chi connectivity index (χ0) is 28.9. The fourth-order valence-electron chi connectivity index (χ4n) is 2.85. The Morgan fingerprint density at radius 2 is 1.08 bits per heavy atom. The summed E-state index contributed by atoms with van der Waals surface area (Å²) in [4.78, 5) is 0. The van der Waals surface area contributed by atoms with Gasteiger partial charge in [-0.3, -0.25) is 0 Å². The van der Waals surface area contributed by atoms with Crippen molar-refractivity contribution in [2.24, 2.45) is 0 Å². The molecule has 0 spiro atoms. The number of methoxy groups -OCH3 is 1. The van der Waals surface area contributed by atoms with E-state index in [0.717, 1.165) is 18.2 Å². The van der Waals surface area contributed by atoms with Gasteiger partial charge in [0.1, 0.15) is 12.2 Å². The Balaban J connectivity index is 3.27. The second-order valence-corrected chi connectivity index (χ2v) is 8.20. The minimum Gasteiger partial charge on any atom is -0.388 e. The third-order valence-electron chi connectivity index (χ3n) is 5.26. The molecule has 2 N–H and O–H groups in total. The highest BCUT2D eigenvalue weighted by Crippen LogP contribution is 2.46. The number of alkyl halides is 10. The molecule has 0 aliphatic heterocycles. The number of benzene rings is 1. The molecule has 0 aliphatic carbocycles. The Bertz CT molecular complexity index is 850. The van der Waals surface area contributed by atoms with Crippen molar-refractivity contribution in [3.05, 3.63) is 35.4 Å². The topological polar surface area (TPSA) is 77.4 Å². The van der Waals surface area contributed by atoms with Crippen LogP contribution in [0.25, 0.3) is 0 Å². The van der Waals surface area contributed by atoms with Crippen LogP contribution >= 0.6 is 0 Å². The average molecular weight is 564 g/mol. The van der Waals surface area contributed by atoms with Gasteiger partial charge in [0.2, 0.25) is 0 Å². The Morgan fingerprint density at radius 3 is 1.43 bits per heavy atom. The first-order chi connectivity index (χ1) is 16.7. The average Bonchev–Trinajstić information content (AvgIpc) is 2.78. The van der Waals surface area contributed by atoms with E-state index in [-0.39, 0.29) is 6.61 Å². The first-order valence-electron chi connectivity index (χ1n) is 10.4. The maximum absolute atomic E-state index is 14.0. The minimum atomic E-state index is -5.32. The van der Waals surface area contributed by atoms with Crippen molar-refractivity contribution < 1.29 is 73.1 Å². The van der Waals surface area contributed by atoms with Crippen molar-refractivity contribution in [3.63, 3.8) is 0 Å². The predicted octanol–water partition coefficient (Wildman–Crippen LogP) is 4.52. The van der Waals surface area contributed by atoms with E-state index in [2.05, 4.69) is 14.2 Å². The first-order valence-corrected chi connectivity index (χ1v) is 10.4. The summed E-state index contributed by atoms with van der Waals surface area (Å²) < 4.78 is 151. The fourth-order valence-corrected chi connectivity index (χ4v) is 2.85. The molecule has 0 aromatic heterocycles. The molecular formula is C21H26F10O6. The maximum atomic E-state index is 14.0. The van der Waals surface area contributed by atoms with Gasteiger partial charge in [-0.2, -0.15) is 35.1 Å². The standard InChI is InChI=1S/C21H26F10O6/c1-17(20(26,27)28,35-9-14(32)8-34-3)12-5-4-6-13(7-12)18(2,21(29,30)31)36-10-15(33)11-37-19(24,25)16(22)23/h4-7,14-16,32-33H,8-11H2,1-3H3. The summed E-state index contributed by atoms with van der Waals surface area (Å²) in [7, 11) is 1.17. The lowest BCUT2D eigenvalue weighted by atomic mass is 9.88. The molecule has 1 rings (SSSR count). The summed E-state index contributed by atoms with van der Waals surface area (Å²) in [5, 5.41) is 19.3. The van der Waals surface area contributed by atoms with Crippen LogP contribution < -0.4 is 0 Å². The van der Waals surface area contributed by atoms with Crippen molar-refractivity contribution >= 4 is 0 Å². The molecule has 0 amide bonds. The van der Waals surface area contributed by atoms with Crippen LogP contribution in [0.3, 0.4) is 0 Å². The van der Waals surface area contributed by atoms with E-state index in [1.165, 1.54) is 7.11 Å². The molecule has 0 fully saturated rings. The fraction of sp³-hybridized carbons (Fsp3) is 0.714. The normalized spacial score (nSPS) is 18.4. The quantitative estimate of drug-likeness (QED) is 0.324. The summed E-state index contributed by atoms with van der Waals surface area (Å²) in [6.07, 6.45) is -23.5. The molecule has 37 heavy (non-hydrogen) atoms. The van der Waals surface area contributed by atoms with E-state index in [9.17, 15) is 54.1 Å². The van der Waals surface area contributed by atoms with Gasteiger partial charge in [0, 0.05) is 7.11 Å². The van der Waals surface area contributed by atoms with Gasteiger partial charge >= 0.3 is 24.9 Å². The lowest BCUT2D eigenvalue weighted by Gasteiger charge is -2.36. The Hall–Kier alpha value is -1.72. The summed E-state index contributed by atoms with van der Waals surface area (Å²) in [6, 6.07) is 2.92. The van der Waals surface area contributed by atoms with Crippen molar-refractivity contribution in [3.8, 4) is 0 Å². The molecule has 0 radical (unpaired) electrons. The van der Waals surface area contributed by atoms with Crippen LogP contribution in [0.2, 0.25) is 0 Å². The molecule has 4 unspecified atom stereocenters. The Kier molecular flexibility index (Phi) is 11.2. The summed E-state index contributed by atoms with van der Waals surface area (Å²) >= 11 is 0. The lowest BCUT2D eigenvalue weighted by Crippen LogP contribution is -2.46. The molecule has 216 valence electrons. The van der Waals surface area contributed by atoms with Crippen LogP contribution in [0.1, 0.15) is 25.0 Å². The number of hydrogen-bond donors (Lipinski definition) is 2. The summed E-state index contributed by atoms with van der Waals surface area (Å²) in [5.41, 5.74) is -8.28. The molecular weight excluding hydrogens is 538 g/mol. The Morgan fingerprint density at radius 1 is 0.703 bits per heavy atom. The summed E-state index contributed by atoms with van der Waals surface area (Å²) in [6.45, 7) is -3.24. The van der Waals surface area contributed by atoms with E-state index in [1.54, 1.807) is 0 Å². The molecule has 0 heterocycles. The highest BCUT2D eigenvalue weighted by molar-refractivity contribution is 5.33. The number of rotatable bonds is 14. The molecule has 0 saturated heterocycles. The number of hydrogen-bond acceptors (Lipinski definition) is 6. The predicted molar refractivity (Wildman–Crippen MR) is 106 cm³/mol. The van der Waals surface area contributed by atoms with E-state index in [4.69, 9.17) is 4.74 Å². The van der Waals surface area contributed by atoms with Gasteiger partial charge in [0.25, 0.3) is 0 Å². The van der Waals surface area contributed by atoms with Crippen LogP contribution in [-0.4, -0.2) is 80.8 Å². The van der Waals surface area contributed by atoms with Crippen molar-refractivity contribution in [1.29, 1.82) is 0 Å². The third-order valence-corrected chi connectivity index (χ3v) is 5.26. The number of aliphatic hydroxyl groups is 2. The SMILES string of the molecule is COCC(O)COC(C)(c1cccc(C(C)(OCC(O)COC(F)(F)C(F)F)C(F)(F)F)c1)C(F)(F)F.